The SMILES string of the molecule is ClC1CCCCC1CNc1ccnc2ccccc12. The van der Waals surface area contributed by atoms with Crippen molar-refractivity contribution in [3.05, 3.63) is 36.5 Å². The fraction of sp³-hybridized carbons (Fsp3) is 0.438. The largest absolute Gasteiger partial charge is 0.384 e. The number of rotatable bonds is 3. The topological polar surface area (TPSA) is 24.9 Å². The van der Waals surface area contributed by atoms with Crippen molar-refractivity contribution in [2.45, 2.75) is 31.1 Å². The van der Waals surface area contributed by atoms with Crippen LogP contribution in [0.5, 0.6) is 0 Å². The highest BCUT2D eigenvalue weighted by atomic mass is 35.5. The first-order valence-electron chi connectivity index (χ1n) is 7.06. The average Bonchev–Trinajstić information content (AvgIpc) is 2.46. The molecular formula is C16H19ClN2. The predicted molar refractivity (Wildman–Crippen MR) is 81.8 cm³/mol. The second-order valence-corrected chi connectivity index (χ2v) is 5.88. The van der Waals surface area contributed by atoms with Gasteiger partial charge in [-0.25, -0.2) is 0 Å². The molecule has 1 aliphatic rings. The van der Waals surface area contributed by atoms with Gasteiger partial charge in [0.05, 0.1) is 5.52 Å². The number of hydrogen-bond acceptors (Lipinski definition) is 2. The molecule has 0 amide bonds. The van der Waals surface area contributed by atoms with Crippen molar-refractivity contribution in [1.82, 2.24) is 4.98 Å². The molecule has 100 valence electrons. The summed E-state index contributed by atoms with van der Waals surface area (Å²) in [6, 6.07) is 10.3. The molecule has 0 saturated heterocycles. The molecule has 0 aliphatic heterocycles. The second-order valence-electron chi connectivity index (χ2n) is 5.32. The van der Waals surface area contributed by atoms with Crippen molar-refractivity contribution in [3.8, 4) is 0 Å². The molecule has 1 saturated carbocycles. The van der Waals surface area contributed by atoms with E-state index in [1.54, 1.807) is 0 Å². The van der Waals surface area contributed by atoms with E-state index in [0.717, 1.165) is 18.5 Å². The smallest absolute Gasteiger partial charge is 0.0722 e. The third kappa shape index (κ3) is 2.84. The molecule has 3 rings (SSSR count). The number of nitrogens with zero attached hydrogens (tertiary/aromatic N) is 1. The van der Waals surface area contributed by atoms with Gasteiger partial charge in [0.2, 0.25) is 0 Å². The molecule has 1 heterocycles. The van der Waals surface area contributed by atoms with E-state index in [-0.39, 0.29) is 0 Å². The molecule has 2 unspecified atom stereocenters. The van der Waals surface area contributed by atoms with Crippen LogP contribution in [0.25, 0.3) is 10.9 Å². The lowest BCUT2D eigenvalue weighted by atomic mass is 9.88. The zero-order chi connectivity index (χ0) is 13.1. The minimum absolute atomic E-state index is 0.328. The number of nitrogens with one attached hydrogen (secondary N) is 1. The molecular weight excluding hydrogens is 256 g/mol. The van der Waals surface area contributed by atoms with Gasteiger partial charge in [-0.05, 0) is 30.9 Å². The van der Waals surface area contributed by atoms with Gasteiger partial charge in [0.1, 0.15) is 0 Å². The van der Waals surface area contributed by atoms with Crippen LogP contribution >= 0.6 is 11.6 Å². The van der Waals surface area contributed by atoms with Crippen LogP contribution in [0.2, 0.25) is 0 Å². The van der Waals surface area contributed by atoms with Crippen LogP contribution in [-0.2, 0) is 0 Å². The van der Waals surface area contributed by atoms with E-state index in [4.69, 9.17) is 11.6 Å². The fourth-order valence-corrected chi connectivity index (χ4v) is 3.25. The first-order chi connectivity index (χ1) is 9.34. The Bertz CT molecular complexity index is 550. The molecule has 1 aliphatic carbocycles. The third-order valence-electron chi connectivity index (χ3n) is 4.02. The van der Waals surface area contributed by atoms with Crippen molar-refractivity contribution < 1.29 is 0 Å². The van der Waals surface area contributed by atoms with Crippen LogP contribution in [0.1, 0.15) is 25.7 Å². The molecule has 2 aromatic rings. The van der Waals surface area contributed by atoms with Crippen LogP contribution < -0.4 is 5.32 Å². The molecule has 0 spiro atoms. The zero-order valence-electron chi connectivity index (χ0n) is 11.0. The molecule has 1 aromatic carbocycles. The first-order valence-corrected chi connectivity index (χ1v) is 7.50. The summed E-state index contributed by atoms with van der Waals surface area (Å²) < 4.78 is 0. The van der Waals surface area contributed by atoms with E-state index in [2.05, 4.69) is 22.4 Å². The van der Waals surface area contributed by atoms with E-state index >= 15 is 0 Å². The summed E-state index contributed by atoms with van der Waals surface area (Å²) in [5, 5.41) is 5.08. The Balaban J connectivity index is 1.74. The second kappa shape index (κ2) is 5.79. The lowest BCUT2D eigenvalue weighted by Crippen LogP contribution is -2.26. The summed E-state index contributed by atoms with van der Waals surface area (Å²) in [6.07, 6.45) is 6.86. The van der Waals surface area contributed by atoms with Crippen molar-refractivity contribution in [1.29, 1.82) is 0 Å². The van der Waals surface area contributed by atoms with E-state index in [9.17, 15) is 0 Å². The Labute approximate surface area is 119 Å². The monoisotopic (exact) mass is 274 g/mol. The Morgan fingerprint density at radius 2 is 2.00 bits per heavy atom. The number of para-hydroxylation sites is 1. The number of fused-ring (bicyclic) bond motifs is 1. The van der Waals surface area contributed by atoms with Gasteiger partial charge in [0, 0.05) is 29.2 Å². The van der Waals surface area contributed by atoms with Crippen LogP contribution in [0.3, 0.4) is 0 Å². The lowest BCUT2D eigenvalue weighted by molar-refractivity contribution is 0.381. The summed E-state index contributed by atoms with van der Waals surface area (Å²) in [4.78, 5) is 4.39. The minimum Gasteiger partial charge on any atom is -0.384 e. The van der Waals surface area contributed by atoms with E-state index < -0.39 is 0 Å². The van der Waals surface area contributed by atoms with Crippen LogP contribution in [0.15, 0.2) is 36.5 Å². The summed E-state index contributed by atoms with van der Waals surface area (Å²) in [5.74, 6) is 0.586. The quantitative estimate of drug-likeness (QED) is 0.837. The number of pyridine rings is 1. The Morgan fingerprint density at radius 1 is 1.16 bits per heavy atom. The molecule has 19 heavy (non-hydrogen) atoms. The van der Waals surface area contributed by atoms with E-state index in [1.165, 1.54) is 30.3 Å². The van der Waals surface area contributed by atoms with Crippen molar-refractivity contribution in [2.24, 2.45) is 5.92 Å². The highest BCUT2D eigenvalue weighted by molar-refractivity contribution is 6.20. The molecule has 1 N–H and O–H groups in total. The highest BCUT2D eigenvalue weighted by Gasteiger charge is 2.22. The molecule has 0 bridgehead atoms. The number of halogens is 1. The Morgan fingerprint density at radius 3 is 2.89 bits per heavy atom. The normalized spacial score (nSPS) is 23.4. The number of hydrogen-bond donors (Lipinski definition) is 1. The molecule has 2 atom stereocenters. The number of aromatic nitrogens is 1. The van der Waals surface area contributed by atoms with Gasteiger partial charge in [-0.1, -0.05) is 31.0 Å². The van der Waals surface area contributed by atoms with E-state index in [0.29, 0.717) is 11.3 Å². The van der Waals surface area contributed by atoms with Gasteiger partial charge >= 0.3 is 0 Å². The fourth-order valence-electron chi connectivity index (χ4n) is 2.88. The minimum atomic E-state index is 0.328. The Hall–Kier alpha value is -1.28. The maximum absolute atomic E-state index is 6.41. The molecule has 2 nitrogen and oxygen atoms in total. The molecule has 0 radical (unpaired) electrons. The van der Waals surface area contributed by atoms with Gasteiger partial charge in [0.15, 0.2) is 0 Å². The third-order valence-corrected chi connectivity index (χ3v) is 4.59. The van der Waals surface area contributed by atoms with Crippen molar-refractivity contribution >= 4 is 28.2 Å². The molecule has 1 fully saturated rings. The standard InChI is InChI=1S/C16H19ClN2/c17-14-7-3-1-5-12(14)11-19-16-9-10-18-15-8-4-2-6-13(15)16/h2,4,6,8-10,12,14H,1,3,5,7,11H2,(H,18,19). The zero-order valence-corrected chi connectivity index (χ0v) is 11.7. The summed E-state index contributed by atoms with van der Waals surface area (Å²) in [6.45, 7) is 0.960. The summed E-state index contributed by atoms with van der Waals surface area (Å²) in [7, 11) is 0. The van der Waals surface area contributed by atoms with Crippen molar-refractivity contribution in [2.75, 3.05) is 11.9 Å². The maximum Gasteiger partial charge on any atom is 0.0722 e. The average molecular weight is 275 g/mol. The summed E-state index contributed by atoms with van der Waals surface area (Å²) in [5.41, 5.74) is 2.21. The van der Waals surface area contributed by atoms with Crippen molar-refractivity contribution in [3.63, 3.8) is 0 Å². The number of alkyl halides is 1. The lowest BCUT2D eigenvalue weighted by Gasteiger charge is -2.27. The first kappa shape index (κ1) is 12.7. The van der Waals surface area contributed by atoms with Crippen LogP contribution in [0, 0.1) is 5.92 Å². The van der Waals surface area contributed by atoms with Gasteiger partial charge < -0.3 is 5.32 Å². The summed E-state index contributed by atoms with van der Waals surface area (Å²) >= 11 is 6.41. The predicted octanol–water partition coefficient (Wildman–Crippen LogP) is 4.44. The van der Waals surface area contributed by atoms with Gasteiger partial charge in [-0.3, -0.25) is 4.98 Å². The highest BCUT2D eigenvalue weighted by Crippen LogP contribution is 2.29. The number of benzene rings is 1. The molecule has 3 heteroatoms. The maximum atomic E-state index is 6.41. The Kier molecular flexibility index (Phi) is 3.88. The molecule has 1 aromatic heterocycles. The van der Waals surface area contributed by atoms with Crippen LogP contribution in [-0.4, -0.2) is 16.9 Å². The number of anilines is 1. The van der Waals surface area contributed by atoms with Crippen LogP contribution in [0.4, 0.5) is 5.69 Å². The van der Waals surface area contributed by atoms with E-state index in [1.807, 2.05) is 24.4 Å². The van der Waals surface area contributed by atoms with Gasteiger partial charge in [-0.2, -0.15) is 0 Å². The van der Waals surface area contributed by atoms with Gasteiger partial charge in [-0.15, -0.1) is 11.6 Å². The van der Waals surface area contributed by atoms with Gasteiger partial charge in [0.25, 0.3) is 0 Å².